The topological polar surface area (TPSA) is 86.8 Å². The van der Waals surface area contributed by atoms with Crippen LogP contribution in [0, 0.1) is 6.92 Å². The van der Waals surface area contributed by atoms with Crippen molar-refractivity contribution in [2.24, 2.45) is 0 Å². The van der Waals surface area contributed by atoms with E-state index in [1.165, 1.54) is 4.31 Å². The largest absolute Gasteiger partial charge is 0.352 e. The lowest BCUT2D eigenvalue weighted by molar-refractivity contribution is -0.141. The molecule has 2 amide bonds. The van der Waals surface area contributed by atoms with Gasteiger partial charge in [0.1, 0.15) is 6.04 Å². The molecule has 10 heteroatoms. The third kappa shape index (κ3) is 9.75. The number of aryl methyl sites for hydroxylation is 1. The van der Waals surface area contributed by atoms with E-state index in [0.717, 1.165) is 23.8 Å². The standard InChI is InChI=1S/C32H39Cl2N3O4S/c1-5-24(3)35-32(39)30(20-25-12-7-6-8-13-25)36(22-26-16-17-27(33)21-29(26)34)31(38)15-10-18-37(42(4,40)41)28-14-9-11-23(2)19-28/h6-9,11-14,16-17,19,21,24,30H,5,10,15,18,20,22H2,1-4H3,(H,35,39)/t24-,30+/m0/s1. The quantitative estimate of drug-likeness (QED) is 0.223. The van der Waals surface area contributed by atoms with Gasteiger partial charge >= 0.3 is 0 Å². The van der Waals surface area contributed by atoms with Crippen molar-refractivity contribution in [2.45, 2.75) is 65.1 Å². The lowest BCUT2D eigenvalue weighted by Gasteiger charge is -2.33. The first kappa shape index (κ1) is 33.4. The fourth-order valence-corrected chi connectivity index (χ4v) is 6.04. The highest BCUT2D eigenvalue weighted by Gasteiger charge is 2.31. The number of carbonyl (C=O) groups is 2. The van der Waals surface area contributed by atoms with Gasteiger partial charge in [0.25, 0.3) is 0 Å². The number of rotatable bonds is 14. The van der Waals surface area contributed by atoms with Gasteiger partial charge in [-0.25, -0.2) is 8.42 Å². The predicted molar refractivity (Wildman–Crippen MR) is 171 cm³/mol. The van der Waals surface area contributed by atoms with Crippen molar-refractivity contribution in [3.8, 4) is 0 Å². The summed E-state index contributed by atoms with van der Waals surface area (Å²) >= 11 is 12.6. The Morgan fingerprint density at radius 1 is 0.976 bits per heavy atom. The van der Waals surface area contributed by atoms with Crippen LogP contribution < -0.4 is 9.62 Å². The average Bonchev–Trinajstić information content (AvgIpc) is 2.93. The molecule has 3 aromatic rings. The number of benzene rings is 3. The molecule has 42 heavy (non-hydrogen) atoms. The maximum absolute atomic E-state index is 13.9. The maximum atomic E-state index is 13.9. The third-order valence-electron chi connectivity index (χ3n) is 7.07. The zero-order valence-electron chi connectivity index (χ0n) is 24.5. The molecule has 0 aliphatic heterocycles. The fourth-order valence-electron chi connectivity index (χ4n) is 4.62. The van der Waals surface area contributed by atoms with Gasteiger partial charge in [0.2, 0.25) is 21.8 Å². The van der Waals surface area contributed by atoms with Gasteiger partial charge < -0.3 is 10.2 Å². The number of carbonyl (C=O) groups excluding carboxylic acids is 2. The Balaban J connectivity index is 1.92. The summed E-state index contributed by atoms with van der Waals surface area (Å²) in [5.74, 6) is -0.539. The molecule has 0 bridgehead atoms. The second-order valence-electron chi connectivity index (χ2n) is 10.6. The van der Waals surface area contributed by atoms with Crippen LogP contribution in [-0.4, -0.2) is 50.0 Å². The summed E-state index contributed by atoms with van der Waals surface area (Å²) in [6.45, 7) is 6.00. The minimum absolute atomic E-state index is 0.0327. The summed E-state index contributed by atoms with van der Waals surface area (Å²) in [7, 11) is -3.58. The van der Waals surface area contributed by atoms with E-state index >= 15 is 0 Å². The van der Waals surface area contributed by atoms with E-state index in [1.54, 1.807) is 41.3 Å². The first-order valence-electron chi connectivity index (χ1n) is 14.0. The molecule has 3 aromatic carbocycles. The molecule has 7 nitrogen and oxygen atoms in total. The summed E-state index contributed by atoms with van der Waals surface area (Å²) in [6, 6.07) is 20.9. The Labute approximate surface area is 259 Å². The average molecular weight is 633 g/mol. The Hall–Kier alpha value is -3.07. The van der Waals surface area contributed by atoms with E-state index in [1.807, 2.05) is 57.2 Å². The van der Waals surface area contributed by atoms with E-state index in [-0.39, 0.29) is 43.8 Å². The van der Waals surface area contributed by atoms with Crippen LogP contribution in [0.4, 0.5) is 5.69 Å². The van der Waals surface area contributed by atoms with E-state index in [4.69, 9.17) is 23.2 Å². The van der Waals surface area contributed by atoms with Crippen molar-refractivity contribution in [1.29, 1.82) is 0 Å². The van der Waals surface area contributed by atoms with Crippen molar-refractivity contribution in [2.75, 3.05) is 17.1 Å². The molecule has 0 aliphatic carbocycles. The highest BCUT2D eigenvalue weighted by atomic mass is 35.5. The smallest absolute Gasteiger partial charge is 0.243 e. The number of hydrogen-bond acceptors (Lipinski definition) is 4. The molecule has 2 atom stereocenters. The molecule has 0 fully saturated rings. The highest BCUT2D eigenvalue weighted by molar-refractivity contribution is 7.92. The van der Waals surface area contributed by atoms with Crippen LogP contribution >= 0.6 is 23.2 Å². The van der Waals surface area contributed by atoms with Gasteiger partial charge in [0.15, 0.2) is 0 Å². The first-order chi connectivity index (χ1) is 19.9. The Bertz CT molecular complexity index is 1470. The number of hydrogen-bond donors (Lipinski definition) is 1. The van der Waals surface area contributed by atoms with E-state index in [9.17, 15) is 18.0 Å². The van der Waals surface area contributed by atoms with Crippen LogP contribution in [0.2, 0.25) is 10.0 Å². The van der Waals surface area contributed by atoms with Gasteiger partial charge in [0, 0.05) is 42.0 Å². The Morgan fingerprint density at radius 3 is 2.31 bits per heavy atom. The first-order valence-corrected chi connectivity index (χ1v) is 16.6. The molecule has 0 aromatic heterocycles. The van der Waals surface area contributed by atoms with Gasteiger partial charge in [-0.15, -0.1) is 0 Å². The minimum Gasteiger partial charge on any atom is -0.352 e. The van der Waals surface area contributed by atoms with Crippen molar-refractivity contribution in [1.82, 2.24) is 10.2 Å². The summed E-state index contributed by atoms with van der Waals surface area (Å²) in [6.07, 6.45) is 2.49. The zero-order valence-corrected chi connectivity index (χ0v) is 26.8. The second kappa shape index (κ2) is 15.4. The van der Waals surface area contributed by atoms with Crippen LogP contribution in [0.25, 0.3) is 0 Å². The molecule has 0 saturated heterocycles. The second-order valence-corrected chi connectivity index (χ2v) is 13.3. The third-order valence-corrected chi connectivity index (χ3v) is 8.85. The number of anilines is 1. The molecule has 0 unspecified atom stereocenters. The molecule has 0 radical (unpaired) electrons. The number of halogens is 2. The lowest BCUT2D eigenvalue weighted by Crippen LogP contribution is -2.52. The molecular formula is C32H39Cl2N3O4S. The molecule has 0 saturated carbocycles. The zero-order chi connectivity index (χ0) is 30.9. The van der Waals surface area contributed by atoms with Gasteiger partial charge in [-0.1, -0.05) is 78.7 Å². The Kier molecular flexibility index (Phi) is 12.3. The van der Waals surface area contributed by atoms with Crippen molar-refractivity contribution in [3.63, 3.8) is 0 Å². The molecular weight excluding hydrogens is 593 g/mol. The van der Waals surface area contributed by atoms with Crippen LogP contribution in [0.5, 0.6) is 0 Å². The highest BCUT2D eigenvalue weighted by Crippen LogP contribution is 2.25. The van der Waals surface area contributed by atoms with Crippen LogP contribution in [0.15, 0.2) is 72.8 Å². The number of nitrogens with one attached hydrogen (secondary N) is 1. The van der Waals surface area contributed by atoms with Gasteiger partial charge in [0.05, 0.1) is 11.9 Å². The van der Waals surface area contributed by atoms with E-state index in [0.29, 0.717) is 27.7 Å². The van der Waals surface area contributed by atoms with Crippen molar-refractivity contribution < 1.29 is 18.0 Å². The maximum Gasteiger partial charge on any atom is 0.243 e. The summed E-state index contributed by atoms with van der Waals surface area (Å²) < 4.78 is 26.6. The molecule has 0 aliphatic rings. The minimum atomic E-state index is -3.58. The lowest BCUT2D eigenvalue weighted by atomic mass is 10.0. The summed E-state index contributed by atoms with van der Waals surface area (Å²) in [4.78, 5) is 29.2. The molecule has 0 heterocycles. The summed E-state index contributed by atoms with van der Waals surface area (Å²) in [5.41, 5.74) is 3.04. The van der Waals surface area contributed by atoms with Crippen molar-refractivity contribution >= 4 is 50.7 Å². The molecule has 0 spiro atoms. The normalized spacial score (nSPS) is 12.8. The van der Waals surface area contributed by atoms with Crippen LogP contribution in [0.1, 0.15) is 49.8 Å². The van der Waals surface area contributed by atoms with Crippen molar-refractivity contribution in [3.05, 3.63) is 99.5 Å². The van der Waals surface area contributed by atoms with Gasteiger partial charge in [-0.05, 0) is 67.6 Å². The van der Waals surface area contributed by atoms with Gasteiger partial charge in [-0.3, -0.25) is 13.9 Å². The van der Waals surface area contributed by atoms with E-state index < -0.39 is 16.1 Å². The molecule has 1 N–H and O–H groups in total. The number of nitrogens with zero attached hydrogens (tertiary/aromatic N) is 2. The number of sulfonamides is 1. The van der Waals surface area contributed by atoms with Crippen LogP contribution in [0.3, 0.4) is 0 Å². The van der Waals surface area contributed by atoms with Gasteiger partial charge in [-0.2, -0.15) is 0 Å². The van der Waals surface area contributed by atoms with Crippen LogP contribution in [-0.2, 0) is 32.6 Å². The fraction of sp³-hybridized carbons (Fsp3) is 0.375. The van der Waals surface area contributed by atoms with E-state index in [2.05, 4.69) is 5.32 Å². The monoisotopic (exact) mass is 631 g/mol. The molecule has 226 valence electrons. The number of amides is 2. The predicted octanol–water partition coefficient (Wildman–Crippen LogP) is 6.40. The molecule has 3 rings (SSSR count). The Morgan fingerprint density at radius 2 is 1.69 bits per heavy atom. The summed E-state index contributed by atoms with van der Waals surface area (Å²) in [5, 5.41) is 3.90. The SMILES string of the molecule is CC[C@H](C)NC(=O)[C@@H](Cc1ccccc1)N(Cc1ccc(Cl)cc1Cl)C(=O)CCCN(c1cccc(C)c1)S(C)(=O)=O.